The van der Waals surface area contributed by atoms with Gasteiger partial charge in [-0.15, -0.1) is 10.2 Å². The van der Waals surface area contributed by atoms with Crippen LogP contribution < -0.4 is 5.32 Å². The smallest absolute Gasteiger partial charge is 0.232 e. The van der Waals surface area contributed by atoms with Gasteiger partial charge in [0, 0.05) is 24.3 Å². The maximum absolute atomic E-state index is 4.38. The lowest BCUT2D eigenvalue weighted by molar-refractivity contribution is 0.584. The first-order valence-corrected chi connectivity index (χ1v) is 7.70. The summed E-state index contributed by atoms with van der Waals surface area (Å²) in [5.74, 6) is 0. The van der Waals surface area contributed by atoms with Crippen LogP contribution in [0.3, 0.4) is 0 Å². The van der Waals surface area contributed by atoms with Gasteiger partial charge in [0.25, 0.3) is 0 Å². The molecule has 1 N–H and O–H groups in total. The van der Waals surface area contributed by atoms with Crippen LogP contribution >= 0.6 is 11.3 Å². The third-order valence-electron chi connectivity index (χ3n) is 3.00. The summed E-state index contributed by atoms with van der Waals surface area (Å²) < 4.78 is 1.78. The summed E-state index contributed by atoms with van der Waals surface area (Å²) >= 11 is 1.55. The first-order chi connectivity index (χ1) is 10.2. The van der Waals surface area contributed by atoms with Crippen molar-refractivity contribution < 1.29 is 0 Å². The van der Waals surface area contributed by atoms with Crippen LogP contribution in [-0.4, -0.2) is 26.0 Å². The Hall–Kier alpha value is -2.05. The van der Waals surface area contributed by atoms with Crippen molar-refractivity contribution in [1.29, 1.82) is 0 Å². The molecule has 5 nitrogen and oxygen atoms in total. The first kappa shape index (κ1) is 13.9. The van der Waals surface area contributed by atoms with Gasteiger partial charge in [0.1, 0.15) is 5.01 Å². The van der Waals surface area contributed by atoms with E-state index in [0.717, 1.165) is 27.8 Å². The summed E-state index contributed by atoms with van der Waals surface area (Å²) in [6, 6.07) is 10.6. The molecule has 0 aliphatic heterocycles. The van der Waals surface area contributed by atoms with E-state index in [-0.39, 0.29) is 0 Å². The fraction of sp³-hybridized carbons (Fsp3) is 0.267. The molecule has 0 aliphatic carbocycles. The predicted octanol–water partition coefficient (Wildman–Crippen LogP) is 2.89. The van der Waals surface area contributed by atoms with E-state index in [1.54, 1.807) is 16.0 Å². The van der Waals surface area contributed by atoms with Crippen LogP contribution in [0, 0.1) is 0 Å². The molecule has 0 saturated carbocycles. The predicted molar refractivity (Wildman–Crippen MR) is 84.4 cm³/mol. The summed E-state index contributed by atoms with van der Waals surface area (Å²) in [4.78, 5) is 0. The molecule has 0 unspecified atom stereocenters. The van der Waals surface area contributed by atoms with Crippen molar-refractivity contribution in [2.75, 3.05) is 0 Å². The van der Waals surface area contributed by atoms with Crippen LogP contribution in [-0.2, 0) is 6.54 Å². The highest BCUT2D eigenvalue weighted by Crippen LogP contribution is 2.21. The summed E-state index contributed by atoms with van der Waals surface area (Å²) in [5.41, 5.74) is 2.22. The zero-order chi connectivity index (χ0) is 14.7. The molecule has 108 valence electrons. The molecule has 2 heterocycles. The molecule has 0 bridgehead atoms. The van der Waals surface area contributed by atoms with Crippen molar-refractivity contribution in [3.05, 3.63) is 47.7 Å². The zero-order valence-electron chi connectivity index (χ0n) is 12.0. The standard InChI is InChI=1S/C15H17N5S/c1-11(2)16-9-14-18-19-15(21-14)20-10-13(8-17-20)12-6-4-3-5-7-12/h3-8,10-11,16H,9H2,1-2H3. The lowest BCUT2D eigenvalue weighted by atomic mass is 10.1. The molecule has 0 atom stereocenters. The molecule has 3 aromatic rings. The van der Waals surface area contributed by atoms with Crippen molar-refractivity contribution >= 4 is 11.3 Å². The highest BCUT2D eigenvalue weighted by molar-refractivity contribution is 7.13. The molecule has 0 spiro atoms. The molecule has 0 fully saturated rings. The second kappa shape index (κ2) is 6.15. The van der Waals surface area contributed by atoms with E-state index in [2.05, 4.69) is 46.6 Å². The van der Waals surface area contributed by atoms with Gasteiger partial charge in [-0.25, -0.2) is 4.68 Å². The largest absolute Gasteiger partial charge is 0.308 e. The van der Waals surface area contributed by atoms with Gasteiger partial charge >= 0.3 is 0 Å². The minimum absolute atomic E-state index is 0.437. The average Bonchev–Trinajstić information content (AvgIpc) is 3.15. The minimum Gasteiger partial charge on any atom is -0.308 e. The van der Waals surface area contributed by atoms with Crippen molar-refractivity contribution in [1.82, 2.24) is 25.3 Å². The molecular formula is C15H17N5S. The molecule has 2 aromatic heterocycles. The van der Waals surface area contributed by atoms with Gasteiger partial charge in [0.15, 0.2) is 0 Å². The number of hydrogen-bond acceptors (Lipinski definition) is 5. The molecule has 6 heteroatoms. The van der Waals surface area contributed by atoms with Gasteiger partial charge in [-0.1, -0.05) is 55.5 Å². The lowest BCUT2D eigenvalue weighted by Crippen LogP contribution is -2.21. The number of nitrogens with one attached hydrogen (secondary N) is 1. The SMILES string of the molecule is CC(C)NCc1nnc(-n2cc(-c3ccccc3)cn2)s1. The molecule has 21 heavy (non-hydrogen) atoms. The number of aromatic nitrogens is 4. The summed E-state index contributed by atoms with van der Waals surface area (Å²) in [5, 5.41) is 17.9. The molecule has 1 aromatic carbocycles. The van der Waals surface area contributed by atoms with Crippen LogP contribution in [0.5, 0.6) is 0 Å². The summed E-state index contributed by atoms with van der Waals surface area (Å²) in [6.07, 6.45) is 3.83. The Balaban J connectivity index is 1.77. The lowest BCUT2D eigenvalue weighted by Gasteiger charge is -2.03. The van der Waals surface area contributed by atoms with Gasteiger partial charge in [0.05, 0.1) is 6.20 Å². The normalized spacial score (nSPS) is 11.2. The van der Waals surface area contributed by atoms with E-state index in [0.29, 0.717) is 6.04 Å². The second-order valence-electron chi connectivity index (χ2n) is 5.05. The first-order valence-electron chi connectivity index (χ1n) is 6.88. The third kappa shape index (κ3) is 3.34. The molecular weight excluding hydrogens is 282 g/mol. The molecule has 3 rings (SSSR count). The molecule has 0 aliphatic rings. The van der Waals surface area contributed by atoms with Gasteiger partial charge < -0.3 is 5.32 Å². The Morgan fingerprint density at radius 3 is 2.71 bits per heavy atom. The maximum Gasteiger partial charge on any atom is 0.232 e. The number of hydrogen-bond donors (Lipinski definition) is 1. The fourth-order valence-electron chi connectivity index (χ4n) is 1.91. The quantitative estimate of drug-likeness (QED) is 0.787. The van der Waals surface area contributed by atoms with Crippen LogP contribution in [0.15, 0.2) is 42.7 Å². The van der Waals surface area contributed by atoms with Gasteiger partial charge in [-0.2, -0.15) is 5.10 Å². The van der Waals surface area contributed by atoms with Crippen LogP contribution in [0.25, 0.3) is 16.3 Å². The highest BCUT2D eigenvalue weighted by atomic mass is 32.1. The Morgan fingerprint density at radius 2 is 1.95 bits per heavy atom. The van der Waals surface area contributed by atoms with E-state index >= 15 is 0 Å². The number of benzene rings is 1. The van der Waals surface area contributed by atoms with E-state index < -0.39 is 0 Å². The Labute approximate surface area is 127 Å². The van der Waals surface area contributed by atoms with E-state index in [9.17, 15) is 0 Å². The van der Waals surface area contributed by atoms with E-state index in [4.69, 9.17) is 0 Å². The second-order valence-corrected chi connectivity index (χ2v) is 6.09. The molecule has 0 radical (unpaired) electrons. The van der Waals surface area contributed by atoms with Crippen LogP contribution in [0.1, 0.15) is 18.9 Å². The van der Waals surface area contributed by atoms with Gasteiger partial charge in [-0.3, -0.25) is 0 Å². The summed E-state index contributed by atoms with van der Waals surface area (Å²) in [7, 11) is 0. The van der Waals surface area contributed by atoms with Crippen molar-refractivity contribution in [2.45, 2.75) is 26.4 Å². The zero-order valence-corrected chi connectivity index (χ0v) is 12.8. The Bertz CT molecular complexity index is 702. The highest BCUT2D eigenvalue weighted by Gasteiger charge is 2.09. The van der Waals surface area contributed by atoms with Gasteiger partial charge in [0.2, 0.25) is 5.13 Å². The van der Waals surface area contributed by atoms with E-state index in [1.807, 2.05) is 30.6 Å². The Morgan fingerprint density at radius 1 is 1.14 bits per heavy atom. The van der Waals surface area contributed by atoms with Crippen LogP contribution in [0.4, 0.5) is 0 Å². The van der Waals surface area contributed by atoms with Crippen molar-refractivity contribution in [3.63, 3.8) is 0 Å². The molecule has 0 saturated heterocycles. The Kier molecular flexibility index (Phi) is 4.08. The van der Waals surface area contributed by atoms with Crippen LogP contribution in [0.2, 0.25) is 0 Å². The fourth-order valence-corrected chi connectivity index (χ4v) is 2.63. The van der Waals surface area contributed by atoms with Crippen molar-refractivity contribution in [3.8, 4) is 16.3 Å². The number of rotatable bonds is 5. The monoisotopic (exact) mass is 299 g/mol. The molecule has 0 amide bonds. The van der Waals surface area contributed by atoms with E-state index in [1.165, 1.54) is 0 Å². The third-order valence-corrected chi connectivity index (χ3v) is 3.92. The summed E-state index contributed by atoms with van der Waals surface area (Å²) in [6.45, 7) is 4.96. The topological polar surface area (TPSA) is 55.6 Å². The average molecular weight is 299 g/mol. The van der Waals surface area contributed by atoms with Crippen molar-refractivity contribution in [2.24, 2.45) is 0 Å². The van der Waals surface area contributed by atoms with Gasteiger partial charge in [-0.05, 0) is 5.56 Å². The maximum atomic E-state index is 4.38. The minimum atomic E-state index is 0.437. The number of nitrogens with zero attached hydrogens (tertiary/aromatic N) is 4.